The molecule has 2 N–H and O–H groups in total. The Bertz CT molecular complexity index is 1240. The Morgan fingerprint density at radius 3 is 1.82 bits per heavy atom. The molecular weight excluding hydrogens is 502 g/mol. The number of fused-ring (bicyclic) bond motifs is 2. The van der Waals surface area contributed by atoms with Crippen molar-refractivity contribution in [3.8, 4) is 0 Å². The van der Waals surface area contributed by atoms with Crippen LogP contribution in [0.3, 0.4) is 0 Å². The van der Waals surface area contributed by atoms with E-state index in [0.717, 1.165) is 37.2 Å². The first-order valence-electron chi connectivity index (χ1n) is 14.2. The maximum atomic E-state index is 13.7. The molecular formula is C34H39NO5. The van der Waals surface area contributed by atoms with Crippen LogP contribution in [-0.4, -0.2) is 52.5 Å². The van der Waals surface area contributed by atoms with Crippen LogP contribution >= 0.6 is 0 Å². The smallest absolute Gasteiger partial charge is 0.414 e. The second-order valence-corrected chi connectivity index (χ2v) is 10.9. The number of hydrogen-bond donors (Lipinski definition) is 2. The second-order valence-electron chi connectivity index (χ2n) is 10.9. The van der Waals surface area contributed by atoms with Gasteiger partial charge in [0, 0.05) is 6.42 Å². The Kier molecular flexibility index (Phi) is 9.54. The largest absolute Gasteiger partial charge is 0.473 e. The number of carbonyl (C=O) groups is 3. The molecule has 0 atom stereocenters. The lowest BCUT2D eigenvalue weighted by molar-refractivity contribution is -0.159. The van der Waals surface area contributed by atoms with E-state index in [-0.39, 0.29) is 0 Å². The number of nitrogens with zero attached hydrogens (tertiary/aromatic N) is 1. The van der Waals surface area contributed by atoms with Gasteiger partial charge >= 0.3 is 11.9 Å². The molecule has 1 aliphatic carbocycles. The Morgan fingerprint density at radius 1 is 0.775 bits per heavy atom. The van der Waals surface area contributed by atoms with E-state index >= 15 is 0 Å². The first-order valence-corrected chi connectivity index (χ1v) is 14.2. The normalized spacial score (nSPS) is 16.3. The van der Waals surface area contributed by atoms with E-state index in [1.165, 1.54) is 32.1 Å². The van der Waals surface area contributed by atoms with Crippen molar-refractivity contribution < 1.29 is 24.6 Å². The Morgan fingerprint density at radius 2 is 1.30 bits per heavy atom. The first kappa shape index (κ1) is 29.2. The van der Waals surface area contributed by atoms with Crippen LogP contribution < -0.4 is 0 Å². The second kappa shape index (κ2) is 13.1. The van der Waals surface area contributed by atoms with Crippen LogP contribution in [0.2, 0.25) is 0 Å². The summed E-state index contributed by atoms with van der Waals surface area (Å²) in [4.78, 5) is 34.5. The van der Waals surface area contributed by atoms with E-state index < -0.39 is 17.4 Å². The van der Waals surface area contributed by atoms with Crippen molar-refractivity contribution in [2.24, 2.45) is 0 Å². The van der Waals surface area contributed by atoms with E-state index in [9.17, 15) is 4.79 Å². The summed E-state index contributed by atoms with van der Waals surface area (Å²) in [6, 6.07) is 30.1. The van der Waals surface area contributed by atoms with E-state index in [0.29, 0.717) is 17.6 Å². The van der Waals surface area contributed by atoms with E-state index in [4.69, 9.17) is 19.8 Å². The van der Waals surface area contributed by atoms with Gasteiger partial charge in [-0.2, -0.15) is 0 Å². The highest BCUT2D eigenvalue weighted by Gasteiger charge is 2.42. The molecule has 1 spiro atoms. The Hall–Kier alpha value is -3.77. The summed E-state index contributed by atoms with van der Waals surface area (Å²) in [6.45, 7) is 5.20. The van der Waals surface area contributed by atoms with Gasteiger partial charge in [-0.05, 0) is 85.8 Å². The van der Waals surface area contributed by atoms with Crippen LogP contribution in [0.15, 0.2) is 84.9 Å². The van der Waals surface area contributed by atoms with E-state index in [2.05, 4.69) is 77.7 Å². The maximum Gasteiger partial charge on any atom is 0.414 e. The molecule has 0 aromatic heterocycles. The van der Waals surface area contributed by atoms with Crippen molar-refractivity contribution in [3.05, 3.63) is 107 Å². The van der Waals surface area contributed by atoms with Gasteiger partial charge < -0.3 is 15.1 Å². The number of carbonyl (C=O) groups excluding carboxylic acids is 1. The molecule has 0 saturated carbocycles. The summed E-state index contributed by atoms with van der Waals surface area (Å²) >= 11 is 0. The number of aliphatic carboxylic acids is 2. The lowest BCUT2D eigenvalue weighted by Gasteiger charge is -2.46. The number of ketones is 1. The molecule has 2 aliphatic rings. The maximum absolute atomic E-state index is 13.7. The van der Waals surface area contributed by atoms with Crippen LogP contribution in [0.5, 0.6) is 0 Å². The minimum absolute atomic E-state index is 0.319. The predicted octanol–water partition coefficient (Wildman–Crippen LogP) is 5.87. The quantitative estimate of drug-likeness (QED) is 0.364. The van der Waals surface area contributed by atoms with Gasteiger partial charge in [0.25, 0.3) is 0 Å². The SMILES string of the molecule is CCC(=O)C(CCN1CCC2(CCCc3ccccc32)CC1)(c1ccccc1)c1ccccc1.O=C(O)C(=O)O. The standard InChI is InChI=1S/C32H37NO.C2H2O4/c1-2-30(34)32(27-14-5-3-6-15-27,28-16-7-4-8-17-28)22-25-33-23-20-31(21-24-33)19-11-13-26-12-9-10-18-29(26)31;3-1(4)2(5)6/h3-10,12,14-18H,2,11,13,19-25H2,1H3;(H,3,4)(H,5,6). The number of rotatable bonds is 7. The van der Waals surface area contributed by atoms with Crippen LogP contribution in [0.1, 0.15) is 67.7 Å². The average molecular weight is 542 g/mol. The number of piperidine rings is 1. The molecule has 0 bridgehead atoms. The highest BCUT2D eigenvalue weighted by atomic mass is 16.4. The van der Waals surface area contributed by atoms with Gasteiger partial charge in [0.2, 0.25) is 0 Å². The Balaban J connectivity index is 0.000000557. The fourth-order valence-corrected chi connectivity index (χ4v) is 6.72. The summed E-state index contributed by atoms with van der Waals surface area (Å²) in [5.41, 5.74) is 5.23. The van der Waals surface area contributed by atoms with Gasteiger partial charge in [0.1, 0.15) is 5.78 Å². The molecule has 3 aromatic carbocycles. The number of benzene rings is 3. The number of hydrogen-bond acceptors (Lipinski definition) is 4. The van der Waals surface area contributed by atoms with E-state index in [1.807, 2.05) is 19.1 Å². The molecule has 5 rings (SSSR count). The van der Waals surface area contributed by atoms with Crippen LogP contribution in [0.25, 0.3) is 0 Å². The van der Waals surface area contributed by atoms with Gasteiger partial charge in [-0.25, -0.2) is 9.59 Å². The molecule has 40 heavy (non-hydrogen) atoms. The zero-order valence-electron chi connectivity index (χ0n) is 23.2. The van der Waals surface area contributed by atoms with Crippen molar-refractivity contribution >= 4 is 17.7 Å². The molecule has 6 heteroatoms. The molecule has 0 amide bonds. The fraction of sp³-hybridized carbons (Fsp3) is 0.382. The van der Waals surface area contributed by atoms with Crippen molar-refractivity contribution in [2.45, 2.75) is 62.7 Å². The molecule has 0 unspecified atom stereocenters. The molecule has 210 valence electrons. The minimum Gasteiger partial charge on any atom is -0.473 e. The number of Topliss-reactive ketones (excluding diaryl/α,β-unsaturated/α-hetero) is 1. The van der Waals surface area contributed by atoms with Crippen LogP contribution in [0.4, 0.5) is 0 Å². The predicted molar refractivity (Wildman–Crippen MR) is 156 cm³/mol. The summed E-state index contributed by atoms with van der Waals surface area (Å²) in [5, 5.41) is 14.8. The highest BCUT2D eigenvalue weighted by Crippen LogP contribution is 2.45. The molecule has 6 nitrogen and oxygen atoms in total. The average Bonchev–Trinajstić information content (AvgIpc) is 3.00. The molecule has 1 saturated heterocycles. The zero-order valence-corrected chi connectivity index (χ0v) is 23.2. The highest BCUT2D eigenvalue weighted by molar-refractivity contribution is 6.27. The zero-order chi connectivity index (χ0) is 28.6. The number of carboxylic acid groups (broad SMARTS) is 2. The first-order chi connectivity index (χ1) is 19.3. The van der Waals surface area contributed by atoms with Crippen LogP contribution in [0, 0.1) is 0 Å². The lowest BCUT2D eigenvalue weighted by atomic mass is 9.64. The van der Waals surface area contributed by atoms with Gasteiger partial charge in [0.05, 0.1) is 5.41 Å². The van der Waals surface area contributed by atoms with Crippen molar-refractivity contribution in [1.29, 1.82) is 0 Å². The third-order valence-corrected chi connectivity index (χ3v) is 8.82. The molecule has 0 radical (unpaired) electrons. The number of likely N-dealkylation sites (tertiary alicyclic amines) is 1. The van der Waals surface area contributed by atoms with Crippen LogP contribution in [-0.2, 0) is 31.6 Å². The summed E-state index contributed by atoms with van der Waals surface area (Å²) in [7, 11) is 0. The Labute approximate surface area is 236 Å². The third-order valence-electron chi connectivity index (χ3n) is 8.82. The summed E-state index contributed by atoms with van der Waals surface area (Å²) in [5.74, 6) is -3.33. The molecule has 1 aliphatic heterocycles. The summed E-state index contributed by atoms with van der Waals surface area (Å²) < 4.78 is 0. The van der Waals surface area contributed by atoms with Gasteiger partial charge in [-0.15, -0.1) is 0 Å². The molecule has 3 aromatic rings. The topological polar surface area (TPSA) is 94.9 Å². The van der Waals surface area contributed by atoms with Crippen molar-refractivity contribution in [2.75, 3.05) is 19.6 Å². The summed E-state index contributed by atoms with van der Waals surface area (Å²) in [6.07, 6.45) is 7.71. The van der Waals surface area contributed by atoms with E-state index in [1.54, 1.807) is 11.1 Å². The monoisotopic (exact) mass is 541 g/mol. The molecule has 1 fully saturated rings. The number of carboxylic acids is 2. The van der Waals surface area contributed by atoms with Crippen molar-refractivity contribution in [3.63, 3.8) is 0 Å². The van der Waals surface area contributed by atoms with Gasteiger partial charge in [-0.1, -0.05) is 91.9 Å². The number of aryl methyl sites for hydroxylation is 1. The molecule has 1 heterocycles. The lowest BCUT2D eigenvalue weighted by Crippen LogP contribution is -2.46. The van der Waals surface area contributed by atoms with Crippen molar-refractivity contribution in [1.82, 2.24) is 4.90 Å². The fourth-order valence-electron chi connectivity index (χ4n) is 6.72. The van der Waals surface area contributed by atoms with Gasteiger partial charge in [0.15, 0.2) is 0 Å². The van der Waals surface area contributed by atoms with Gasteiger partial charge in [-0.3, -0.25) is 4.79 Å². The minimum atomic E-state index is -1.82. The third kappa shape index (κ3) is 6.18.